The largest absolute Gasteiger partial charge is 0.405 e. The SMILES string of the molecule is CC(C)(C)[Si](OC[C@H](OCc1ccccc1)[C@H](CC=O)OCc1ccccc1)(c1ccccc1)c1ccccc1. The molecule has 0 radical (unpaired) electrons. The third kappa shape index (κ3) is 7.43. The van der Waals surface area contributed by atoms with Gasteiger partial charge in [-0.3, -0.25) is 0 Å². The van der Waals surface area contributed by atoms with E-state index < -0.39 is 20.5 Å². The Balaban J connectivity index is 1.68. The summed E-state index contributed by atoms with van der Waals surface area (Å²) in [5.41, 5.74) is 2.11. The van der Waals surface area contributed by atoms with Crippen LogP contribution in [0, 0.1) is 0 Å². The van der Waals surface area contributed by atoms with Gasteiger partial charge in [0.15, 0.2) is 0 Å². The van der Waals surface area contributed by atoms with Gasteiger partial charge in [-0.1, -0.05) is 142 Å². The summed E-state index contributed by atoms with van der Waals surface area (Å²) in [5.74, 6) is 0. The lowest BCUT2D eigenvalue weighted by molar-refractivity contribution is -0.123. The van der Waals surface area contributed by atoms with Crippen molar-refractivity contribution < 1.29 is 18.7 Å². The molecule has 0 bridgehead atoms. The highest BCUT2D eigenvalue weighted by Gasteiger charge is 2.50. The van der Waals surface area contributed by atoms with Crippen molar-refractivity contribution in [2.75, 3.05) is 6.61 Å². The second kappa shape index (κ2) is 14.3. The molecule has 2 atom stereocenters. The molecule has 0 heterocycles. The summed E-state index contributed by atoms with van der Waals surface area (Å²) in [6.07, 6.45) is 0.226. The van der Waals surface area contributed by atoms with Crippen LogP contribution in [0.3, 0.4) is 0 Å². The number of hydrogen-bond donors (Lipinski definition) is 0. The lowest BCUT2D eigenvalue weighted by Crippen LogP contribution is -2.67. The quantitative estimate of drug-likeness (QED) is 0.136. The predicted octanol–water partition coefficient (Wildman–Crippen LogP) is 6.32. The van der Waals surface area contributed by atoms with Crippen molar-refractivity contribution in [2.45, 2.75) is 57.7 Å². The van der Waals surface area contributed by atoms with Crippen molar-refractivity contribution >= 4 is 25.0 Å². The fraction of sp³-hybridized carbons (Fsp3) is 0.286. The highest BCUT2D eigenvalue weighted by Crippen LogP contribution is 2.37. The van der Waals surface area contributed by atoms with E-state index in [1.807, 2.05) is 72.8 Å². The Morgan fingerprint density at radius 3 is 1.43 bits per heavy atom. The number of ether oxygens (including phenoxy) is 2. The van der Waals surface area contributed by atoms with Crippen LogP contribution in [0.2, 0.25) is 5.04 Å². The van der Waals surface area contributed by atoms with E-state index >= 15 is 0 Å². The van der Waals surface area contributed by atoms with Gasteiger partial charge in [-0.25, -0.2) is 0 Å². The highest BCUT2D eigenvalue weighted by atomic mass is 28.4. The first-order valence-corrected chi connectivity index (χ1v) is 15.8. The monoisotopic (exact) mass is 552 g/mol. The van der Waals surface area contributed by atoms with Gasteiger partial charge in [0.2, 0.25) is 0 Å². The fourth-order valence-electron chi connectivity index (χ4n) is 5.21. The van der Waals surface area contributed by atoms with E-state index in [9.17, 15) is 4.79 Å². The van der Waals surface area contributed by atoms with Crippen LogP contribution < -0.4 is 10.4 Å². The van der Waals surface area contributed by atoms with Crippen LogP contribution in [0.25, 0.3) is 0 Å². The molecule has 0 spiro atoms. The Labute approximate surface area is 240 Å². The predicted molar refractivity (Wildman–Crippen MR) is 164 cm³/mol. The van der Waals surface area contributed by atoms with E-state index in [1.165, 1.54) is 10.4 Å². The van der Waals surface area contributed by atoms with Gasteiger partial charge in [-0.2, -0.15) is 0 Å². The summed E-state index contributed by atoms with van der Waals surface area (Å²) in [6, 6.07) is 41.2. The molecule has 0 aliphatic carbocycles. The van der Waals surface area contributed by atoms with Gasteiger partial charge in [0, 0.05) is 6.42 Å². The Morgan fingerprint density at radius 2 is 1.02 bits per heavy atom. The van der Waals surface area contributed by atoms with Crippen LogP contribution >= 0.6 is 0 Å². The first kappa shape index (κ1) is 29.6. The van der Waals surface area contributed by atoms with Crippen LogP contribution in [0.5, 0.6) is 0 Å². The first-order chi connectivity index (χ1) is 19.4. The van der Waals surface area contributed by atoms with Gasteiger partial charge in [0.25, 0.3) is 8.32 Å². The average molecular weight is 553 g/mol. The summed E-state index contributed by atoms with van der Waals surface area (Å²) >= 11 is 0. The molecule has 0 unspecified atom stereocenters. The van der Waals surface area contributed by atoms with E-state index in [-0.39, 0.29) is 11.5 Å². The molecule has 0 amide bonds. The Hall–Kier alpha value is -3.35. The molecule has 0 saturated carbocycles. The number of aldehydes is 1. The van der Waals surface area contributed by atoms with Gasteiger partial charge < -0.3 is 18.7 Å². The van der Waals surface area contributed by atoms with Crippen LogP contribution in [0.15, 0.2) is 121 Å². The molecule has 0 N–H and O–H groups in total. The zero-order chi connectivity index (χ0) is 28.3. The molecule has 4 aromatic rings. The van der Waals surface area contributed by atoms with Crippen molar-refractivity contribution in [2.24, 2.45) is 0 Å². The molecule has 208 valence electrons. The van der Waals surface area contributed by atoms with E-state index in [4.69, 9.17) is 13.9 Å². The topological polar surface area (TPSA) is 44.8 Å². The maximum Gasteiger partial charge on any atom is 0.261 e. The Bertz CT molecular complexity index is 1240. The first-order valence-electron chi connectivity index (χ1n) is 13.9. The molecule has 0 fully saturated rings. The molecule has 0 aromatic heterocycles. The summed E-state index contributed by atoms with van der Waals surface area (Å²) in [6.45, 7) is 7.87. The van der Waals surface area contributed by atoms with E-state index in [1.54, 1.807) is 0 Å². The third-order valence-corrected chi connectivity index (χ3v) is 12.2. The Kier molecular flexibility index (Phi) is 10.6. The summed E-state index contributed by atoms with van der Waals surface area (Å²) < 4.78 is 20.1. The molecule has 0 aliphatic heterocycles. The zero-order valence-electron chi connectivity index (χ0n) is 23.7. The van der Waals surface area contributed by atoms with Gasteiger partial charge in [-0.05, 0) is 26.5 Å². The van der Waals surface area contributed by atoms with Gasteiger partial charge in [0.05, 0.1) is 25.9 Å². The van der Waals surface area contributed by atoms with Crippen molar-refractivity contribution in [1.82, 2.24) is 0 Å². The molecule has 40 heavy (non-hydrogen) atoms. The average Bonchev–Trinajstić information content (AvgIpc) is 2.99. The van der Waals surface area contributed by atoms with Gasteiger partial charge in [-0.15, -0.1) is 0 Å². The number of rotatable bonds is 14. The lowest BCUT2D eigenvalue weighted by atomic mass is 10.1. The smallest absolute Gasteiger partial charge is 0.261 e. The minimum Gasteiger partial charge on any atom is -0.405 e. The van der Waals surface area contributed by atoms with Crippen LogP contribution in [-0.4, -0.2) is 33.4 Å². The molecule has 0 aliphatic rings. The number of carbonyl (C=O) groups is 1. The maximum absolute atomic E-state index is 11.8. The van der Waals surface area contributed by atoms with Gasteiger partial charge >= 0.3 is 0 Å². The second-order valence-corrected chi connectivity index (χ2v) is 15.4. The zero-order valence-corrected chi connectivity index (χ0v) is 24.7. The Morgan fingerprint density at radius 1 is 0.625 bits per heavy atom. The molecule has 4 aromatic carbocycles. The van der Waals surface area contributed by atoms with Crippen molar-refractivity contribution in [1.29, 1.82) is 0 Å². The highest BCUT2D eigenvalue weighted by molar-refractivity contribution is 6.99. The molecule has 4 rings (SSSR count). The standard InChI is InChI=1S/C35H40O4Si/c1-35(2,3)40(31-20-12-6-13-21-31,32-22-14-7-15-23-32)39-28-34(38-27-30-18-10-5-11-19-30)33(24-25-36)37-26-29-16-8-4-9-17-29/h4-23,25,33-34H,24,26-28H2,1-3H3/t33-,34-/m0/s1. The van der Waals surface area contributed by atoms with Gasteiger partial charge in [0.1, 0.15) is 12.4 Å². The number of benzene rings is 4. The lowest BCUT2D eigenvalue weighted by Gasteiger charge is -2.44. The summed E-state index contributed by atoms with van der Waals surface area (Å²) in [7, 11) is -2.80. The molecular weight excluding hydrogens is 512 g/mol. The third-order valence-electron chi connectivity index (χ3n) is 7.24. The molecule has 0 saturated heterocycles. The van der Waals surface area contributed by atoms with Crippen molar-refractivity contribution in [3.05, 3.63) is 132 Å². The van der Waals surface area contributed by atoms with E-state index in [2.05, 4.69) is 69.3 Å². The van der Waals surface area contributed by atoms with E-state index in [0.29, 0.717) is 19.8 Å². The second-order valence-electron chi connectivity index (χ2n) is 11.0. The summed E-state index contributed by atoms with van der Waals surface area (Å²) in [5, 5.41) is 2.23. The molecule has 4 nitrogen and oxygen atoms in total. The fourth-order valence-corrected chi connectivity index (χ4v) is 9.78. The normalized spacial score (nSPS) is 13.5. The van der Waals surface area contributed by atoms with Crippen LogP contribution in [0.4, 0.5) is 0 Å². The number of hydrogen-bond acceptors (Lipinski definition) is 4. The van der Waals surface area contributed by atoms with Crippen LogP contribution in [0.1, 0.15) is 38.3 Å². The number of carbonyl (C=O) groups excluding carboxylic acids is 1. The maximum atomic E-state index is 11.8. The summed E-state index contributed by atoms with van der Waals surface area (Å²) in [4.78, 5) is 11.8. The van der Waals surface area contributed by atoms with Crippen molar-refractivity contribution in [3.63, 3.8) is 0 Å². The van der Waals surface area contributed by atoms with Crippen LogP contribution in [-0.2, 0) is 31.9 Å². The minimum atomic E-state index is -2.80. The van der Waals surface area contributed by atoms with E-state index in [0.717, 1.165) is 17.4 Å². The minimum absolute atomic E-state index is 0.176. The molecular formula is C35H40O4Si. The molecule has 5 heteroatoms. The van der Waals surface area contributed by atoms with Crippen molar-refractivity contribution in [3.8, 4) is 0 Å².